The van der Waals surface area contributed by atoms with Gasteiger partial charge in [0.25, 0.3) is 0 Å². The van der Waals surface area contributed by atoms with E-state index in [1.54, 1.807) is 0 Å². The Hall–Kier alpha value is -0.570. The Bertz CT molecular complexity index is 270. The van der Waals surface area contributed by atoms with Crippen molar-refractivity contribution in [1.29, 1.82) is 0 Å². The molecule has 0 saturated carbocycles. The predicted molar refractivity (Wildman–Crippen MR) is 65.2 cm³/mol. The largest absolute Gasteiger partial charge is 0.337 e. The van der Waals surface area contributed by atoms with Crippen LogP contribution in [0.2, 0.25) is 0 Å². The number of amides is 1. The molecule has 2 heterocycles. The molecule has 2 atom stereocenters. The molecule has 0 bridgehead atoms. The maximum atomic E-state index is 12.5. The summed E-state index contributed by atoms with van der Waals surface area (Å²) in [5.74, 6) is 0.618. The van der Waals surface area contributed by atoms with Crippen molar-refractivity contribution in [2.75, 3.05) is 19.6 Å². The summed E-state index contributed by atoms with van der Waals surface area (Å²) in [5.41, 5.74) is 0.108. The molecular formula is C13H24N2O. The van der Waals surface area contributed by atoms with Gasteiger partial charge in [0, 0.05) is 31.6 Å². The van der Waals surface area contributed by atoms with Crippen LogP contribution in [0.5, 0.6) is 0 Å². The van der Waals surface area contributed by atoms with Gasteiger partial charge in [-0.1, -0.05) is 27.2 Å². The molecule has 3 heteroatoms. The van der Waals surface area contributed by atoms with Crippen molar-refractivity contribution in [1.82, 2.24) is 10.2 Å². The molecule has 1 N–H and O–H groups in total. The van der Waals surface area contributed by atoms with Crippen LogP contribution in [0.15, 0.2) is 0 Å². The first-order chi connectivity index (χ1) is 7.50. The first kappa shape index (κ1) is 11.9. The average molecular weight is 224 g/mol. The third kappa shape index (κ3) is 2.24. The number of carbonyl (C=O) groups excluding carboxylic acids is 1. The van der Waals surface area contributed by atoms with Gasteiger partial charge in [-0.3, -0.25) is 4.79 Å². The van der Waals surface area contributed by atoms with Crippen LogP contribution in [0.1, 0.15) is 40.0 Å². The topological polar surface area (TPSA) is 32.3 Å². The number of piperazine rings is 1. The van der Waals surface area contributed by atoms with Crippen molar-refractivity contribution >= 4 is 5.91 Å². The highest BCUT2D eigenvalue weighted by atomic mass is 16.2. The van der Waals surface area contributed by atoms with E-state index in [-0.39, 0.29) is 11.3 Å². The van der Waals surface area contributed by atoms with E-state index in [1.807, 2.05) is 0 Å². The van der Waals surface area contributed by atoms with Gasteiger partial charge < -0.3 is 10.2 Å². The van der Waals surface area contributed by atoms with Crippen LogP contribution in [0.4, 0.5) is 0 Å². The zero-order valence-corrected chi connectivity index (χ0v) is 10.8. The van der Waals surface area contributed by atoms with Gasteiger partial charge in [0.1, 0.15) is 0 Å². The number of fused-ring (bicyclic) bond motifs is 1. The number of hydrogen-bond donors (Lipinski definition) is 1. The molecule has 2 fully saturated rings. The normalized spacial score (nSPS) is 32.2. The number of nitrogens with zero attached hydrogens (tertiary/aromatic N) is 1. The monoisotopic (exact) mass is 224 g/mol. The van der Waals surface area contributed by atoms with E-state index in [0.29, 0.717) is 11.9 Å². The highest BCUT2D eigenvalue weighted by Gasteiger charge is 2.39. The minimum Gasteiger partial charge on any atom is -0.337 e. The maximum absolute atomic E-state index is 12.5. The summed E-state index contributed by atoms with van der Waals surface area (Å²) < 4.78 is 0. The van der Waals surface area contributed by atoms with Gasteiger partial charge in [-0.05, 0) is 18.3 Å². The molecule has 0 aromatic heterocycles. The molecule has 2 aliphatic heterocycles. The SMILES string of the molecule is CC(C)(C)C1CCCC2CNCCN2C1=O. The lowest BCUT2D eigenvalue weighted by atomic mass is 9.77. The number of carbonyl (C=O) groups is 1. The molecule has 3 nitrogen and oxygen atoms in total. The van der Waals surface area contributed by atoms with Crippen LogP contribution in [0.3, 0.4) is 0 Å². The zero-order chi connectivity index (χ0) is 11.8. The van der Waals surface area contributed by atoms with Crippen molar-refractivity contribution in [3.05, 3.63) is 0 Å². The first-order valence-electron chi connectivity index (χ1n) is 6.51. The lowest BCUT2D eigenvalue weighted by Gasteiger charge is -2.38. The lowest BCUT2D eigenvalue weighted by Crippen LogP contribution is -2.54. The minimum absolute atomic E-state index is 0.108. The van der Waals surface area contributed by atoms with Crippen molar-refractivity contribution in [2.45, 2.75) is 46.1 Å². The quantitative estimate of drug-likeness (QED) is 0.678. The van der Waals surface area contributed by atoms with E-state index in [1.165, 1.54) is 12.8 Å². The fraction of sp³-hybridized carbons (Fsp3) is 0.923. The number of rotatable bonds is 0. The Morgan fingerprint density at radius 2 is 2.06 bits per heavy atom. The van der Waals surface area contributed by atoms with Crippen molar-refractivity contribution < 1.29 is 4.79 Å². The van der Waals surface area contributed by atoms with Crippen molar-refractivity contribution in [3.63, 3.8) is 0 Å². The van der Waals surface area contributed by atoms with Gasteiger partial charge in [-0.25, -0.2) is 0 Å². The third-order valence-electron chi connectivity index (χ3n) is 4.01. The summed E-state index contributed by atoms with van der Waals surface area (Å²) in [7, 11) is 0. The number of hydrogen-bond acceptors (Lipinski definition) is 2. The van der Waals surface area contributed by atoms with Crippen LogP contribution in [0.25, 0.3) is 0 Å². The lowest BCUT2D eigenvalue weighted by molar-refractivity contribution is -0.141. The Morgan fingerprint density at radius 3 is 2.75 bits per heavy atom. The minimum atomic E-state index is 0.108. The molecule has 2 unspecified atom stereocenters. The van der Waals surface area contributed by atoms with Gasteiger partial charge in [0.2, 0.25) is 5.91 Å². The molecule has 1 amide bonds. The molecule has 0 spiro atoms. The smallest absolute Gasteiger partial charge is 0.226 e. The maximum Gasteiger partial charge on any atom is 0.226 e. The summed E-state index contributed by atoms with van der Waals surface area (Å²) in [6, 6.07) is 0.452. The van der Waals surface area contributed by atoms with E-state index in [9.17, 15) is 4.79 Å². The van der Waals surface area contributed by atoms with Crippen molar-refractivity contribution in [2.24, 2.45) is 11.3 Å². The van der Waals surface area contributed by atoms with Crippen molar-refractivity contribution in [3.8, 4) is 0 Å². The van der Waals surface area contributed by atoms with Gasteiger partial charge in [-0.2, -0.15) is 0 Å². The Balaban J connectivity index is 2.17. The summed E-state index contributed by atoms with van der Waals surface area (Å²) in [4.78, 5) is 14.7. The molecule has 16 heavy (non-hydrogen) atoms. The van der Waals surface area contributed by atoms with E-state index in [4.69, 9.17) is 0 Å². The fourth-order valence-electron chi connectivity index (χ4n) is 2.99. The van der Waals surface area contributed by atoms with Gasteiger partial charge in [0.15, 0.2) is 0 Å². The van der Waals surface area contributed by atoms with Crippen LogP contribution >= 0.6 is 0 Å². The fourth-order valence-corrected chi connectivity index (χ4v) is 2.99. The predicted octanol–water partition coefficient (Wildman–Crippen LogP) is 1.63. The Morgan fingerprint density at radius 1 is 1.31 bits per heavy atom. The molecule has 0 aromatic rings. The highest BCUT2D eigenvalue weighted by Crippen LogP contribution is 2.35. The summed E-state index contributed by atoms with van der Waals surface area (Å²) in [5, 5.41) is 3.39. The third-order valence-corrected chi connectivity index (χ3v) is 4.01. The van der Waals surface area contributed by atoms with Crippen LogP contribution in [0, 0.1) is 11.3 Å². The Kier molecular flexibility index (Phi) is 3.24. The molecule has 2 aliphatic rings. The second-order valence-corrected chi connectivity index (χ2v) is 6.24. The summed E-state index contributed by atoms with van der Waals surface area (Å²) in [6.07, 6.45) is 3.43. The molecule has 0 aromatic carbocycles. The van der Waals surface area contributed by atoms with Crippen LogP contribution in [-0.4, -0.2) is 36.5 Å². The van der Waals surface area contributed by atoms with E-state index in [0.717, 1.165) is 26.1 Å². The average Bonchev–Trinajstić information content (AvgIpc) is 2.38. The van der Waals surface area contributed by atoms with Crippen LogP contribution < -0.4 is 5.32 Å². The summed E-state index contributed by atoms with van der Waals surface area (Å²) in [6.45, 7) is 9.42. The van der Waals surface area contributed by atoms with E-state index < -0.39 is 0 Å². The molecule has 92 valence electrons. The highest BCUT2D eigenvalue weighted by molar-refractivity contribution is 5.80. The van der Waals surface area contributed by atoms with E-state index in [2.05, 4.69) is 31.0 Å². The second kappa shape index (κ2) is 4.36. The molecule has 2 saturated heterocycles. The molecular weight excluding hydrogens is 200 g/mol. The van der Waals surface area contributed by atoms with Gasteiger partial charge >= 0.3 is 0 Å². The Labute approximate surface area is 98.6 Å². The zero-order valence-electron chi connectivity index (χ0n) is 10.8. The molecule has 0 radical (unpaired) electrons. The van der Waals surface area contributed by atoms with E-state index >= 15 is 0 Å². The molecule has 2 rings (SSSR count). The second-order valence-electron chi connectivity index (χ2n) is 6.24. The standard InChI is InChI=1S/C13H24N2O/c1-13(2,3)11-6-4-5-10-9-14-7-8-15(10)12(11)16/h10-11,14H,4-9H2,1-3H3. The summed E-state index contributed by atoms with van der Waals surface area (Å²) >= 11 is 0. The first-order valence-corrected chi connectivity index (χ1v) is 6.51. The number of nitrogens with one attached hydrogen (secondary N) is 1. The van der Waals surface area contributed by atoms with Gasteiger partial charge in [-0.15, -0.1) is 0 Å². The molecule has 0 aliphatic carbocycles. The van der Waals surface area contributed by atoms with Gasteiger partial charge in [0.05, 0.1) is 0 Å². The van der Waals surface area contributed by atoms with Crippen LogP contribution in [-0.2, 0) is 4.79 Å².